The lowest BCUT2D eigenvalue weighted by atomic mass is 10.2. The highest BCUT2D eigenvalue weighted by Gasteiger charge is 2.25. The number of rotatable bonds is 6. The third kappa shape index (κ3) is 4.08. The predicted octanol–water partition coefficient (Wildman–Crippen LogP) is 1.29. The van der Waals surface area contributed by atoms with Crippen LogP contribution in [0.2, 0.25) is 0 Å². The molecule has 0 spiro atoms. The molecule has 2 N–H and O–H groups in total. The van der Waals surface area contributed by atoms with Crippen molar-refractivity contribution in [3.05, 3.63) is 0 Å². The highest BCUT2D eigenvalue weighted by atomic mass is 16.4. The van der Waals surface area contributed by atoms with Crippen LogP contribution in [0.1, 0.15) is 33.1 Å². The zero-order valence-electron chi connectivity index (χ0n) is 9.90. The summed E-state index contributed by atoms with van der Waals surface area (Å²) in [6.45, 7) is 4.24. The normalized spacial score (nSPS) is 16.6. The van der Waals surface area contributed by atoms with E-state index < -0.39 is 5.97 Å². The summed E-state index contributed by atoms with van der Waals surface area (Å²) in [5, 5.41) is 11.5. The van der Waals surface area contributed by atoms with Gasteiger partial charge in [-0.25, -0.2) is 4.79 Å². The van der Waals surface area contributed by atoms with Gasteiger partial charge in [-0.05, 0) is 32.1 Å². The second kappa shape index (κ2) is 5.72. The summed E-state index contributed by atoms with van der Waals surface area (Å²) < 4.78 is 0. The number of amides is 2. The third-order valence-electron chi connectivity index (χ3n) is 2.93. The maximum absolute atomic E-state index is 11.8. The van der Waals surface area contributed by atoms with Crippen molar-refractivity contribution in [3.63, 3.8) is 0 Å². The molecule has 0 saturated heterocycles. The van der Waals surface area contributed by atoms with Crippen LogP contribution in [0.3, 0.4) is 0 Å². The van der Waals surface area contributed by atoms with E-state index in [9.17, 15) is 9.59 Å². The molecule has 0 aromatic rings. The molecule has 1 atom stereocenters. The van der Waals surface area contributed by atoms with Gasteiger partial charge in [0.05, 0.1) is 0 Å². The number of carbonyl (C=O) groups excluding carboxylic acids is 1. The molecule has 5 nitrogen and oxygen atoms in total. The lowest BCUT2D eigenvalue weighted by Crippen LogP contribution is -2.47. The molecule has 5 heteroatoms. The number of hydrogen-bond donors (Lipinski definition) is 2. The Morgan fingerprint density at radius 1 is 1.50 bits per heavy atom. The van der Waals surface area contributed by atoms with Crippen LogP contribution < -0.4 is 5.32 Å². The van der Waals surface area contributed by atoms with Crippen LogP contribution in [0.25, 0.3) is 0 Å². The second-order valence-corrected chi connectivity index (χ2v) is 4.41. The van der Waals surface area contributed by atoms with E-state index >= 15 is 0 Å². The molecule has 1 fully saturated rings. The van der Waals surface area contributed by atoms with Crippen LogP contribution in [0.5, 0.6) is 0 Å². The summed E-state index contributed by atoms with van der Waals surface area (Å²) in [5.74, 6) is -0.366. The first-order chi connectivity index (χ1) is 7.54. The molecule has 92 valence electrons. The van der Waals surface area contributed by atoms with Crippen molar-refractivity contribution in [2.75, 3.05) is 13.1 Å². The summed E-state index contributed by atoms with van der Waals surface area (Å²) in [4.78, 5) is 23.8. The maximum atomic E-state index is 11.8. The monoisotopic (exact) mass is 228 g/mol. The van der Waals surface area contributed by atoms with Crippen molar-refractivity contribution in [1.29, 1.82) is 0 Å². The standard InChI is InChI=1S/C11H20N2O3/c1-3-8(2)13(7-10(14)15)11(16)12-6-9-4-5-9/h8-9H,3-7H2,1-2H3,(H,12,16)(H,14,15). The molecule has 16 heavy (non-hydrogen) atoms. The van der Waals surface area contributed by atoms with Crippen LogP contribution in [0, 0.1) is 5.92 Å². The maximum Gasteiger partial charge on any atom is 0.323 e. The van der Waals surface area contributed by atoms with E-state index in [0.717, 1.165) is 6.42 Å². The number of carboxylic acid groups (broad SMARTS) is 1. The molecular formula is C11H20N2O3. The average molecular weight is 228 g/mol. The lowest BCUT2D eigenvalue weighted by Gasteiger charge is -2.27. The highest BCUT2D eigenvalue weighted by Crippen LogP contribution is 2.27. The van der Waals surface area contributed by atoms with Gasteiger partial charge in [-0.1, -0.05) is 6.92 Å². The highest BCUT2D eigenvalue weighted by molar-refractivity contribution is 5.80. The largest absolute Gasteiger partial charge is 0.480 e. The molecule has 0 bridgehead atoms. The average Bonchev–Trinajstić information content (AvgIpc) is 3.05. The molecular weight excluding hydrogens is 208 g/mol. The molecule has 0 aliphatic heterocycles. The summed E-state index contributed by atoms with van der Waals surface area (Å²) in [5.41, 5.74) is 0. The van der Waals surface area contributed by atoms with Crippen LogP contribution in [0.4, 0.5) is 4.79 Å². The third-order valence-corrected chi connectivity index (χ3v) is 2.93. The van der Waals surface area contributed by atoms with Crippen LogP contribution in [-0.2, 0) is 4.79 Å². The van der Waals surface area contributed by atoms with Crippen LogP contribution in [0.15, 0.2) is 0 Å². The molecule has 1 aliphatic rings. The van der Waals surface area contributed by atoms with Crippen molar-refractivity contribution < 1.29 is 14.7 Å². The lowest BCUT2D eigenvalue weighted by molar-refractivity contribution is -0.138. The van der Waals surface area contributed by atoms with Gasteiger partial charge in [-0.2, -0.15) is 0 Å². The Hall–Kier alpha value is -1.26. The topological polar surface area (TPSA) is 69.6 Å². The smallest absolute Gasteiger partial charge is 0.323 e. The number of urea groups is 1. The van der Waals surface area contributed by atoms with Gasteiger partial charge in [0.1, 0.15) is 6.54 Å². The van der Waals surface area contributed by atoms with E-state index in [-0.39, 0.29) is 18.6 Å². The molecule has 0 radical (unpaired) electrons. The quantitative estimate of drug-likeness (QED) is 0.719. The van der Waals surface area contributed by atoms with Gasteiger partial charge >= 0.3 is 12.0 Å². The molecule has 1 saturated carbocycles. The zero-order valence-corrected chi connectivity index (χ0v) is 9.90. The van der Waals surface area contributed by atoms with Gasteiger partial charge in [0.25, 0.3) is 0 Å². The first-order valence-electron chi connectivity index (χ1n) is 5.80. The molecule has 1 rings (SSSR count). The zero-order chi connectivity index (χ0) is 12.1. The number of carboxylic acids is 1. The Morgan fingerprint density at radius 3 is 2.56 bits per heavy atom. The minimum atomic E-state index is -0.970. The van der Waals surface area contributed by atoms with E-state index in [2.05, 4.69) is 5.32 Å². The number of carbonyl (C=O) groups is 2. The van der Waals surface area contributed by atoms with Crippen LogP contribution in [-0.4, -0.2) is 41.1 Å². The first kappa shape index (κ1) is 12.8. The Kier molecular flexibility index (Phi) is 4.58. The minimum Gasteiger partial charge on any atom is -0.480 e. The molecule has 1 unspecified atom stereocenters. The fourth-order valence-corrected chi connectivity index (χ4v) is 1.45. The van der Waals surface area contributed by atoms with Gasteiger partial charge in [0.15, 0.2) is 0 Å². The molecule has 0 heterocycles. The molecule has 1 aliphatic carbocycles. The summed E-state index contributed by atoms with van der Waals surface area (Å²) in [6.07, 6.45) is 3.09. The van der Waals surface area contributed by atoms with E-state index in [1.54, 1.807) is 0 Å². The molecule has 2 amide bonds. The van der Waals surface area contributed by atoms with E-state index in [4.69, 9.17) is 5.11 Å². The van der Waals surface area contributed by atoms with Gasteiger partial charge in [0.2, 0.25) is 0 Å². The first-order valence-corrected chi connectivity index (χ1v) is 5.80. The molecule has 0 aromatic carbocycles. The summed E-state index contributed by atoms with van der Waals surface area (Å²) in [6, 6.07) is -0.307. The fraction of sp³-hybridized carbons (Fsp3) is 0.818. The number of nitrogens with zero attached hydrogens (tertiary/aromatic N) is 1. The SMILES string of the molecule is CCC(C)N(CC(=O)O)C(=O)NCC1CC1. The van der Waals surface area contributed by atoms with Crippen molar-refractivity contribution in [1.82, 2.24) is 10.2 Å². The van der Waals surface area contributed by atoms with Gasteiger partial charge in [-0.3, -0.25) is 4.79 Å². The Balaban J connectivity index is 2.44. The summed E-state index contributed by atoms with van der Waals surface area (Å²) in [7, 11) is 0. The Bertz CT molecular complexity index is 264. The number of hydrogen-bond acceptors (Lipinski definition) is 2. The van der Waals surface area contributed by atoms with Crippen molar-refractivity contribution >= 4 is 12.0 Å². The minimum absolute atomic E-state index is 0.0460. The van der Waals surface area contributed by atoms with Gasteiger partial charge in [-0.15, -0.1) is 0 Å². The van der Waals surface area contributed by atoms with Crippen LogP contribution >= 0.6 is 0 Å². The number of nitrogens with one attached hydrogen (secondary N) is 1. The van der Waals surface area contributed by atoms with E-state index in [1.807, 2.05) is 13.8 Å². The van der Waals surface area contributed by atoms with Crippen molar-refractivity contribution in [2.45, 2.75) is 39.2 Å². The predicted molar refractivity (Wildman–Crippen MR) is 60.2 cm³/mol. The second-order valence-electron chi connectivity index (χ2n) is 4.41. The summed E-state index contributed by atoms with van der Waals surface area (Å²) >= 11 is 0. The Morgan fingerprint density at radius 2 is 2.12 bits per heavy atom. The van der Waals surface area contributed by atoms with Gasteiger partial charge in [0, 0.05) is 12.6 Å². The van der Waals surface area contributed by atoms with E-state index in [1.165, 1.54) is 17.7 Å². The molecule has 0 aromatic heterocycles. The number of aliphatic carboxylic acids is 1. The van der Waals surface area contributed by atoms with Crippen molar-refractivity contribution in [3.8, 4) is 0 Å². The van der Waals surface area contributed by atoms with E-state index in [0.29, 0.717) is 12.5 Å². The Labute approximate surface area is 95.8 Å². The fourth-order valence-electron chi connectivity index (χ4n) is 1.45. The van der Waals surface area contributed by atoms with Crippen molar-refractivity contribution in [2.24, 2.45) is 5.92 Å². The van der Waals surface area contributed by atoms with Gasteiger partial charge < -0.3 is 15.3 Å².